The van der Waals surface area contributed by atoms with Crippen LogP contribution in [0, 0.1) is 5.92 Å². The van der Waals surface area contributed by atoms with E-state index in [4.69, 9.17) is 5.11 Å². The Morgan fingerprint density at radius 3 is 2.41 bits per heavy atom. The van der Waals surface area contributed by atoms with Gasteiger partial charge in [-0.05, 0) is 18.8 Å². The summed E-state index contributed by atoms with van der Waals surface area (Å²) in [5, 5.41) is 14.4. The van der Waals surface area contributed by atoms with E-state index in [1.807, 2.05) is 13.8 Å². The van der Waals surface area contributed by atoms with Crippen LogP contribution in [0.1, 0.15) is 46.0 Å². The van der Waals surface area contributed by atoms with Crippen LogP contribution >= 0.6 is 0 Å². The Labute approximate surface area is 102 Å². The summed E-state index contributed by atoms with van der Waals surface area (Å²) in [5.41, 5.74) is 0. The lowest BCUT2D eigenvalue weighted by molar-refractivity contribution is -0.140. The molecule has 1 fully saturated rings. The fourth-order valence-electron chi connectivity index (χ4n) is 2.12. The van der Waals surface area contributed by atoms with Crippen LogP contribution in [-0.2, 0) is 4.79 Å². The van der Waals surface area contributed by atoms with Crippen LogP contribution in [0.5, 0.6) is 0 Å². The van der Waals surface area contributed by atoms with E-state index in [2.05, 4.69) is 10.6 Å². The number of carboxylic acid groups (broad SMARTS) is 1. The summed E-state index contributed by atoms with van der Waals surface area (Å²) in [4.78, 5) is 22.7. The third kappa shape index (κ3) is 4.24. The van der Waals surface area contributed by atoms with Gasteiger partial charge in [-0.25, -0.2) is 9.59 Å². The molecule has 0 heterocycles. The molecule has 5 heteroatoms. The molecule has 1 aliphatic carbocycles. The average Bonchev–Trinajstić information content (AvgIpc) is 2.77. The summed E-state index contributed by atoms with van der Waals surface area (Å²) in [6.07, 6.45) is 4.99. The largest absolute Gasteiger partial charge is 0.480 e. The molecule has 0 aliphatic heterocycles. The lowest BCUT2D eigenvalue weighted by Gasteiger charge is -2.21. The first-order valence-corrected chi connectivity index (χ1v) is 6.34. The highest BCUT2D eigenvalue weighted by Gasteiger charge is 2.26. The number of carbonyl (C=O) groups is 2. The summed E-state index contributed by atoms with van der Waals surface area (Å²) < 4.78 is 0. The number of hydrogen-bond donors (Lipinski definition) is 3. The van der Waals surface area contributed by atoms with E-state index in [1.165, 1.54) is 0 Å². The van der Waals surface area contributed by atoms with Crippen LogP contribution in [-0.4, -0.2) is 29.2 Å². The highest BCUT2D eigenvalue weighted by molar-refractivity contribution is 5.82. The standard InChI is InChI=1S/C12H22N2O3/c1-3-8(2)10(11(15)16)14-12(17)13-9-6-4-5-7-9/h8-10H,3-7H2,1-2H3,(H,15,16)(H2,13,14,17)/t8-,10+/m1/s1. The van der Waals surface area contributed by atoms with Crippen molar-refractivity contribution >= 4 is 12.0 Å². The highest BCUT2D eigenvalue weighted by Crippen LogP contribution is 2.17. The predicted molar refractivity (Wildman–Crippen MR) is 64.8 cm³/mol. The molecule has 1 aliphatic rings. The Hall–Kier alpha value is -1.26. The van der Waals surface area contributed by atoms with Gasteiger partial charge in [-0.1, -0.05) is 33.1 Å². The summed E-state index contributed by atoms with van der Waals surface area (Å²) in [7, 11) is 0. The van der Waals surface area contributed by atoms with Gasteiger partial charge in [0.15, 0.2) is 0 Å². The Balaban J connectivity index is 2.43. The molecule has 0 aromatic rings. The zero-order valence-corrected chi connectivity index (χ0v) is 10.5. The minimum absolute atomic E-state index is 0.0678. The number of urea groups is 1. The van der Waals surface area contributed by atoms with Crippen molar-refractivity contribution in [1.29, 1.82) is 0 Å². The molecule has 0 bridgehead atoms. The Bertz CT molecular complexity index is 275. The zero-order valence-electron chi connectivity index (χ0n) is 10.5. The molecular weight excluding hydrogens is 220 g/mol. The van der Waals surface area contributed by atoms with Gasteiger partial charge in [0.05, 0.1) is 0 Å². The van der Waals surface area contributed by atoms with E-state index < -0.39 is 12.0 Å². The topological polar surface area (TPSA) is 78.4 Å². The summed E-state index contributed by atoms with van der Waals surface area (Å²) in [6.45, 7) is 3.74. The monoisotopic (exact) mass is 242 g/mol. The summed E-state index contributed by atoms with van der Waals surface area (Å²) in [6, 6.07) is -0.951. The van der Waals surface area contributed by atoms with Crippen LogP contribution in [0.4, 0.5) is 4.79 Å². The van der Waals surface area contributed by atoms with Gasteiger partial charge in [-0.15, -0.1) is 0 Å². The first kappa shape index (κ1) is 13.8. The lowest BCUT2D eigenvalue weighted by Crippen LogP contribution is -2.50. The van der Waals surface area contributed by atoms with E-state index in [0.29, 0.717) is 0 Å². The smallest absolute Gasteiger partial charge is 0.326 e. The van der Waals surface area contributed by atoms with Gasteiger partial charge in [-0.3, -0.25) is 0 Å². The third-order valence-electron chi connectivity index (χ3n) is 3.46. The molecular formula is C12H22N2O3. The molecule has 2 atom stereocenters. The van der Waals surface area contributed by atoms with Crippen molar-refractivity contribution < 1.29 is 14.7 Å². The predicted octanol–water partition coefficient (Wildman–Crippen LogP) is 1.73. The number of carboxylic acids is 1. The molecule has 2 amide bonds. The molecule has 17 heavy (non-hydrogen) atoms. The minimum atomic E-state index is -0.971. The third-order valence-corrected chi connectivity index (χ3v) is 3.46. The van der Waals surface area contributed by atoms with Gasteiger partial charge >= 0.3 is 12.0 Å². The molecule has 1 saturated carbocycles. The molecule has 0 saturated heterocycles. The zero-order chi connectivity index (χ0) is 12.8. The highest BCUT2D eigenvalue weighted by atomic mass is 16.4. The minimum Gasteiger partial charge on any atom is -0.480 e. The second-order valence-corrected chi connectivity index (χ2v) is 4.80. The fraction of sp³-hybridized carbons (Fsp3) is 0.833. The maximum atomic E-state index is 11.6. The van der Waals surface area contributed by atoms with Gasteiger partial charge in [0.25, 0.3) is 0 Å². The average molecular weight is 242 g/mol. The first-order valence-electron chi connectivity index (χ1n) is 6.34. The fourth-order valence-corrected chi connectivity index (χ4v) is 2.12. The SMILES string of the molecule is CC[C@@H](C)[C@H](NC(=O)NC1CCCC1)C(=O)O. The quantitative estimate of drug-likeness (QED) is 0.687. The molecule has 3 N–H and O–H groups in total. The van der Waals surface area contributed by atoms with Crippen molar-refractivity contribution in [2.24, 2.45) is 5.92 Å². The van der Waals surface area contributed by atoms with E-state index in [0.717, 1.165) is 32.1 Å². The Morgan fingerprint density at radius 1 is 1.35 bits per heavy atom. The van der Waals surface area contributed by atoms with Crippen molar-refractivity contribution in [3.8, 4) is 0 Å². The molecule has 0 unspecified atom stereocenters. The molecule has 0 aromatic carbocycles. The van der Waals surface area contributed by atoms with Gasteiger partial charge in [0, 0.05) is 6.04 Å². The van der Waals surface area contributed by atoms with E-state index in [9.17, 15) is 9.59 Å². The van der Waals surface area contributed by atoms with Crippen LogP contribution < -0.4 is 10.6 Å². The number of nitrogens with one attached hydrogen (secondary N) is 2. The van der Waals surface area contributed by atoms with E-state index in [1.54, 1.807) is 0 Å². The van der Waals surface area contributed by atoms with Crippen LogP contribution in [0.3, 0.4) is 0 Å². The normalized spacial score (nSPS) is 19.6. The van der Waals surface area contributed by atoms with Crippen LogP contribution in [0.2, 0.25) is 0 Å². The number of amides is 2. The van der Waals surface area contributed by atoms with Gasteiger partial charge < -0.3 is 15.7 Å². The maximum Gasteiger partial charge on any atom is 0.326 e. The van der Waals surface area contributed by atoms with Crippen LogP contribution in [0.15, 0.2) is 0 Å². The van der Waals surface area contributed by atoms with Crippen molar-refractivity contribution in [2.45, 2.75) is 58.0 Å². The molecule has 98 valence electrons. The van der Waals surface area contributed by atoms with Crippen molar-refractivity contribution in [3.63, 3.8) is 0 Å². The Kier molecular flexibility index (Phi) is 5.25. The van der Waals surface area contributed by atoms with Crippen molar-refractivity contribution in [2.75, 3.05) is 0 Å². The van der Waals surface area contributed by atoms with E-state index >= 15 is 0 Å². The number of hydrogen-bond acceptors (Lipinski definition) is 2. The maximum absolute atomic E-state index is 11.6. The van der Waals surface area contributed by atoms with Crippen molar-refractivity contribution in [1.82, 2.24) is 10.6 Å². The Morgan fingerprint density at radius 2 is 1.94 bits per heavy atom. The van der Waals surface area contributed by atoms with Gasteiger partial charge in [0.1, 0.15) is 6.04 Å². The second kappa shape index (κ2) is 6.47. The first-order chi connectivity index (χ1) is 8.04. The number of aliphatic carboxylic acids is 1. The second-order valence-electron chi connectivity index (χ2n) is 4.80. The number of rotatable bonds is 5. The van der Waals surface area contributed by atoms with Gasteiger partial charge in [0.2, 0.25) is 0 Å². The van der Waals surface area contributed by atoms with Gasteiger partial charge in [-0.2, -0.15) is 0 Å². The molecule has 0 radical (unpaired) electrons. The molecule has 0 aromatic heterocycles. The molecule has 1 rings (SSSR count). The lowest BCUT2D eigenvalue weighted by atomic mass is 9.99. The summed E-state index contributed by atoms with van der Waals surface area (Å²) >= 11 is 0. The molecule has 0 spiro atoms. The summed E-state index contributed by atoms with van der Waals surface area (Å²) in [5.74, 6) is -1.04. The van der Waals surface area contributed by atoms with E-state index in [-0.39, 0.29) is 18.0 Å². The number of carbonyl (C=O) groups excluding carboxylic acids is 1. The van der Waals surface area contributed by atoms with Crippen molar-refractivity contribution in [3.05, 3.63) is 0 Å². The van der Waals surface area contributed by atoms with Crippen LogP contribution in [0.25, 0.3) is 0 Å². The molecule has 5 nitrogen and oxygen atoms in total.